The average Bonchev–Trinajstić information content (AvgIpc) is 2.74. The fourth-order valence-electron chi connectivity index (χ4n) is 3.25. The number of nitrogens with zero attached hydrogens (tertiary/aromatic N) is 4. The van der Waals surface area contributed by atoms with Gasteiger partial charge in [-0.15, -0.1) is 0 Å². The first kappa shape index (κ1) is 20.7. The number of carbonyl (C=O) groups excluding carboxylic acids is 1. The number of aryl methyl sites for hydroxylation is 1. The fraction of sp³-hybridized carbons (Fsp3) is 0.476. The quantitative estimate of drug-likeness (QED) is 0.767. The summed E-state index contributed by atoms with van der Waals surface area (Å²) >= 11 is 0. The Morgan fingerprint density at radius 3 is 2.69 bits per heavy atom. The zero-order valence-corrected chi connectivity index (χ0v) is 17.4. The number of methoxy groups -OCH3 is 1. The Kier molecular flexibility index (Phi) is 7.10. The molecule has 8 nitrogen and oxygen atoms in total. The van der Waals surface area contributed by atoms with Crippen LogP contribution in [0.4, 0.5) is 16.6 Å². The van der Waals surface area contributed by atoms with E-state index in [0.29, 0.717) is 38.7 Å². The molecule has 1 aliphatic heterocycles. The Morgan fingerprint density at radius 2 is 1.97 bits per heavy atom. The highest BCUT2D eigenvalue weighted by atomic mass is 16.6. The summed E-state index contributed by atoms with van der Waals surface area (Å²) in [5, 5.41) is 3.39. The highest BCUT2D eigenvalue weighted by molar-refractivity contribution is 5.68. The zero-order valence-electron chi connectivity index (χ0n) is 17.4. The molecule has 0 aliphatic carbocycles. The van der Waals surface area contributed by atoms with Gasteiger partial charge >= 0.3 is 6.09 Å². The molecule has 1 saturated heterocycles. The maximum atomic E-state index is 11.9. The van der Waals surface area contributed by atoms with E-state index in [1.165, 1.54) is 5.56 Å². The van der Waals surface area contributed by atoms with E-state index in [4.69, 9.17) is 9.47 Å². The molecule has 2 aromatic rings. The second-order valence-electron chi connectivity index (χ2n) is 6.90. The van der Waals surface area contributed by atoms with Gasteiger partial charge in [-0.25, -0.2) is 9.78 Å². The number of benzene rings is 1. The van der Waals surface area contributed by atoms with Gasteiger partial charge in [0.15, 0.2) is 0 Å². The number of rotatable bonds is 7. The minimum Gasteiger partial charge on any atom is -0.497 e. The maximum Gasteiger partial charge on any atom is 0.409 e. The minimum atomic E-state index is -0.253. The van der Waals surface area contributed by atoms with Crippen LogP contribution >= 0.6 is 0 Å². The van der Waals surface area contributed by atoms with E-state index in [1.54, 1.807) is 12.0 Å². The van der Waals surface area contributed by atoms with Crippen molar-refractivity contribution >= 4 is 17.9 Å². The van der Waals surface area contributed by atoms with Crippen LogP contribution in [0.2, 0.25) is 0 Å². The van der Waals surface area contributed by atoms with Crippen LogP contribution in [-0.4, -0.2) is 67.4 Å². The number of piperazine rings is 1. The van der Waals surface area contributed by atoms with Gasteiger partial charge in [0.2, 0.25) is 5.95 Å². The normalized spacial score (nSPS) is 13.9. The first-order valence-electron chi connectivity index (χ1n) is 9.98. The summed E-state index contributed by atoms with van der Waals surface area (Å²) in [6, 6.07) is 10.0. The van der Waals surface area contributed by atoms with Gasteiger partial charge in [0.05, 0.1) is 13.7 Å². The predicted molar refractivity (Wildman–Crippen MR) is 113 cm³/mol. The summed E-state index contributed by atoms with van der Waals surface area (Å²) in [6.07, 6.45) is 0.616. The largest absolute Gasteiger partial charge is 0.497 e. The number of amides is 1. The van der Waals surface area contributed by atoms with E-state index in [-0.39, 0.29) is 6.09 Å². The molecule has 0 radical (unpaired) electrons. The Morgan fingerprint density at radius 1 is 1.17 bits per heavy atom. The zero-order chi connectivity index (χ0) is 20.6. The molecular weight excluding hydrogens is 370 g/mol. The van der Waals surface area contributed by atoms with Crippen LogP contribution in [0.3, 0.4) is 0 Å². The lowest BCUT2D eigenvalue weighted by molar-refractivity contribution is 0.105. The van der Waals surface area contributed by atoms with Gasteiger partial charge in [-0.2, -0.15) is 4.98 Å². The molecule has 1 aromatic carbocycles. The second-order valence-corrected chi connectivity index (χ2v) is 6.90. The number of carbonyl (C=O) groups is 1. The van der Waals surface area contributed by atoms with Crippen molar-refractivity contribution in [2.24, 2.45) is 0 Å². The van der Waals surface area contributed by atoms with E-state index in [0.717, 1.165) is 30.2 Å². The Balaban J connectivity index is 1.56. The molecule has 1 amide bonds. The number of ether oxygens (including phenoxy) is 2. The predicted octanol–water partition coefficient (Wildman–Crippen LogP) is 2.73. The number of hydrogen-bond donors (Lipinski definition) is 1. The summed E-state index contributed by atoms with van der Waals surface area (Å²) in [5.74, 6) is 2.37. The number of anilines is 2. The molecular formula is C21H29N5O3. The molecule has 0 spiro atoms. The van der Waals surface area contributed by atoms with Crippen LogP contribution in [0.15, 0.2) is 30.3 Å². The lowest BCUT2D eigenvalue weighted by atomic mass is 10.1. The van der Waals surface area contributed by atoms with Crippen LogP contribution in [0.25, 0.3) is 0 Å². The van der Waals surface area contributed by atoms with Crippen LogP contribution in [0.1, 0.15) is 18.2 Å². The number of hydrogen-bond acceptors (Lipinski definition) is 7. The number of nitrogens with one attached hydrogen (secondary N) is 1. The highest BCUT2D eigenvalue weighted by Crippen LogP contribution is 2.17. The Labute approximate surface area is 171 Å². The third kappa shape index (κ3) is 5.73. The van der Waals surface area contributed by atoms with Crippen LogP contribution < -0.4 is 15.0 Å². The van der Waals surface area contributed by atoms with E-state index >= 15 is 0 Å². The van der Waals surface area contributed by atoms with Crippen molar-refractivity contribution in [1.82, 2.24) is 14.9 Å². The van der Waals surface area contributed by atoms with Crippen LogP contribution in [0, 0.1) is 6.92 Å². The van der Waals surface area contributed by atoms with Gasteiger partial charge < -0.3 is 24.6 Å². The summed E-state index contributed by atoms with van der Waals surface area (Å²) in [5.41, 5.74) is 2.12. The first-order chi connectivity index (χ1) is 14.1. The monoisotopic (exact) mass is 399 g/mol. The van der Waals surface area contributed by atoms with Crippen LogP contribution in [0.5, 0.6) is 5.75 Å². The summed E-state index contributed by atoms with van der Waals surface area (Å²) in [7, 11) is 1.68. The molecule has 1 aliphatic rings. The first-order valence-corrected chi connectivity index (χ1v) is 9.98. The fourth-order valence-corrected chi connectivity index (χ4v) is 3.25. The van der Waals surface area contributed by atoms with Crippen molar-refractivity contribution < 1.29 is 14.3 Å². The second kappa shape index (κ2) is 9.95. The lowest BCUT2D eigenvalue weighted by Gasteiger charge is -2.34. The van der Waals surface area contributed by atoms with Gasteiger partial charge in [0.1, 0.15) is 11.6 Å². The molecule has 0 bridgehead atoms. The van der Waals surface area contributed by atoms with E-state index < -0.39 is 0 Å². The molecule has 0 saturated carbocycles. The topological polar surface area (TPSA) is 79.8 Å². The molecule has 0 atom stereocenters. The Bertz CT molecular complexity index is 822. The van der Waals surface area contributed by atoms with Gasteiger partial charge in [0.25, 0.3) is 0 Å². The van der Waals surface area contributed by atoms with E-state index in [9.17, 15) is 4.79 Å². The summed E-state index contributed by atoms with van der Waals surface area (Å²) < 4.78 is 10.4. The summed E-state index contributed by atoms with van der Waals surface area (Å²) in [4.78, 5) is 24.9. The molecule has 3 rings (SSSR count). The third-order valence-electron chi connectivity index (χ3n) is 4.78. The van der Waals surface area contributed by atoms with Crippen molar-refractivity contribution in [3.63, 3.8) is 0 Å². The van der Waals surface area contributed by atoms with Crippen molar-refractivity contribution in [2.75, 3.05) is 56.7 Å². The maximum absolute atomic E-state index is 11.9. The van der Waals surface area contributed by atoms with Gasteiger partial charge in [-0.05, 0) is 38.0 Å². The molecule has 29 heavy (non-hydrogen) atoms. The van der Waals surface area contributed by atoms with Crippen molar-refractivity contribution in [3.8, 4) is 5.75 Å². The molecule has 1 aromatic heterocycles. The third-order valence-corrected chi connectivity index (χ3v) is 4.78. The molecule has 1 fully saturated rings. The Hall–Kier alpha value is -3.03. The minimum absolute atomic E-state index is 0.253. The van der Waals surface area contributed by atoms with Crippen molar-refractivity contribution in [3.05, 3.63) is 41.6 Å². The highest BCUT2D eigenvalue weighted by Gasteiger charge is 2.23. The molecule has 156 valence electrons. The molecule has 1 N–H and O–H groups in total. The summed E-state index contributed by atoms with van der Waals surface area (Å²) in [6.45, 7) is 7.52. The van der Waals surface area contributed by atoms with E-state index in [1.807, 2.05) is 38.1 Å². The van der Waals surface area contributed by atoms with Gasteiger partial charge in [0, 0.05) is 44.5 Å². The smallest absolute Gasteiger partial charge is 0.409 e. The lowest BCUT2D eigenvalue weighted by Crippen LogP contribution is -2.49. The van der Waals surface area contributed by atoms with Gasteiger partial charge in [-0.1, -0.05) is 12.1 Å². The van der Waals surface area contributed by atoms with Crippen LogP contribution in [-0.2, 0) is 11.2 Å². The van der Waals surface area contributed by atoms with E-state index in [2.05, 4.69) is 26.3 Å². The number of aromatic nitrogens is 2. The van der Waals surface area contributed by atoms with Gasteiger partial charge in [-0.3, -0.25) is 0 Å². The molecule has 0 unspecified atom stereocenters. The standard InChI is InChI=1S/C21H29N5O3/c1-4-29-21(27)26-12-10-25(11-13-26)20-23-16(2)14-19(24-20)22-9-8-17-6-5-7-18(15-17)28-3/h5-7,14-15H,4,8-13H2,1-3H3,(H,22,23,24). The van der Waals surface area contributed by atoms with Crippen molar-refractivity contribution in [1.29, 1.82) is 0 Å². The molecule has 2 heterocycles. The SMILES string of the molecule is CCOC(=O)N1CCN(c2nc(C)cc(NCCc3cccc(OC)c3)n2)CC1. The molecule has 8 heteroatoms. The van der Waals surface area contributed by atoms with Crippen molar-refractivity contribution in [2.45, 2.75) is 20.3 Å². The average molecular weight is 399 g/mol.